The van der Waals surface area contributed by atoms with E-state index in [2.05, 4.69) is 23.7 Å². The van der Waals surface area contributed by atoms with Crippen molar-refractivity contribution in [2.24, 2.45) is 7.05 Å². The van der Waals surface area contributed by atoms with E-state index in [4.69, 9.17) is 4.11 Å². The van der Waals surface area contributed by atoms with Crippen molar-refractivity contribution in [3.63, 3.8) is 0 Å². The SMILES string of the molecule is [2H]C([2H])([2H])C1(C)c2cc[n+](C)n2-c2c(C)cccc2C1(C)C. The van der Waals surface area contributed by atoms with Gasteiger partial charge < -0.3 is 0 Å². The molecule has 1 unspecified atom stereocenters. The monoisotopic (exact) mass is 258 g/mol. The third-order valence-corrected chi connectivity index (χ3v) is 4.88. The van der Waals surface area contributed by atoms with E-state index in [0.29, 0.717) is 0 Å². The highest BCUT2D eigenvalue weighted by Crippen LogP contribution is 2.49. The molecule has 0 fully saturated rings. The number of aromatic nitrogens is 2. The van der Waals surface area contributed by atoms with Gasteiger partial charge in [-0.25, -0.2) is 0 Å². The molecule has 0 saturated carbocycles. The smallest absolute Gasteiger partial charge is 0.124 e. The van der Waals surface area contributed by atoms with Crippen LogP contribution in [0, 0.1) is 6.92 Å². The lowest BCUT2D eigenvalue weighted by atomic mass is 9.60. The standard InChI is InChI=1S/C17H23N2/c1-12-8-7-9-13-15(12)19-14(10-11-18(19)6)17(4,5)16(13,2)3/h7-11H,1-6H3/q+1/i4D3. The van der Waals surface area contributed by atoms with Gasteiger partial charge in [0.25, 0.3) is 0 Å². The number of para-hydroxylation sites is 1. The van der Waals surface area contributed by atoms with E-state index in [1.54, 1.807) is 0 Å². The van der Waals surface area contributed by atoms with Crippen molar-refractivity contribution in [1.29, 1.82) is 0 Å². The minimum absolute atomic E-state index is 0.499. The predicted molar refractivity (Wildman–Crippen MR) is 77.7 cm³/mol. The molecule has 0 saturated heterocycles. The maximum absolute atomic E-state index is 8.22. The molecular formula is C17H23N2+. The lowest BCUT2D eigenvalue weighted by Gasteiger charge is -2.46. The highest BCUT2D eigenvalue weighted by Gasteiger charge is 2.49. The fourth-order valence-corrected chi connectivity index (χ4v) is 3.18. The Morgan fingerprint density at radius 2 is 1.89 bits per heavy atom. The van der Waals surface area contributed by atoms with Gasteiger partial charge in [-0.05, 0) is 18.1 Å². The van der Waals surface area contributed by atoms with Crippen molar-refractivity contribution >= 4 is 0 Å². The van der Waals surface area contributed by atoms with Crippen LogP contribution in [-0.4, -0.2) is 4.68 Å². The second-order valence-electron chi connectivity index (χ2n) is 6.31. The van der Waals surface area contributed by atoms with Gasteiger partial charge in [0.15, 0.2) is 13.2 Å². The summed E-state index contributed by atoms with van der Waals surface area (Å²) in [6.07, 6.45) is 1.94. The first-order chi connectivity index (χ1) is 10.0. The molecular weight excluding hydrogens is 232 g/mol. The van der Waals surface area contributed by atoms with Gasteiger partial charge in [-0.3, -0.25) is 0 Å². The zero-order chi connectivity index (χ0) is 16.5. The molecule has 0 N–H and O–H groups in total. The zero-order valence-corrected chi connectivity index (χ0v) is 12.3. The summed E-state index contributed by atoms with van der Waals surface area (Å²) in [5.41, 5.74) is 2.75. The number of benzene rings is 1. The third kappa shape index (κ3) is 1.35. The summed E-state index contributed by atoms with van der Waals surface area (Å²) >= 11 is 0. The van der Waals surface area contributed by atoms with Crippen molar-refractivity contribution < 1.29 is 8.79 Å². The predicted octanol–water partition coefficient (Wildman–Crippen LogP) is 3.18. The van der Waals surface area contributed by atoms with Gasteiger partial charge in [-0.15, -0.1) is 9.36 Å². The average molecular weight is 258 g/mol. The number of hydrogen-bond acceptors (Lipinski definition) is 0. The van der Waals surface area contributed by atoms with E-state index in [0.717, 1.165) is 22.5 Å². The second kappa shape index (κ2) is 3.50. The van der Waals surface area contributed by atoms with Crippen molar-refractivity contribution in [1.82, 2.24) is 4.68 Å². The maximum atomic E-state index is 8.22. The second-order valence-corrected chi connectivity index (χ2v) is 6.31. The molecule has 2 heteroatoms. The highest BCUT2D eigenvalue weighted by molar-refractivity contribution is 5.56. The summed E-state index contributed by atoms with van der Waals surface area (Å²) in [4.78, 5) is 0. The molecule has 0 bridgehead atoms. The molecule has 0 spiro atoms. The van der Waals surface area contributed by atoms with Crippen LogP contribution in [0.4, 0.5) is 0 Å². The first-order valence-electron chi connectivity index (χ1n) is 8.22. The lowest BCUT2D eigenvalue weighted by molar-refractivity contribution is -0.745. The number of rotatable bonds is 0. The number of fused-ring (bicyclic) bond motifs is 3. The Morgan fingerprint density at radius 1 is 1.16 bits per heavy atom. The molecule has 1 aromatic heterocycles. The fourth-order valence-electron chi connectivity index (χ4n) is 3.18. The van der Waals surface area contributed by atoms with E-state index >= 15 is 0 Å². The molecule has 2 heterocycles. The summed E-state index contributed by atoms with van der Waals surface area (Å²) in [5.74, 6) is 0. The summed E-state index contributed by atoms with van der Waals surface area (Å²) in [5, 5.41) is 0. The van der Waals surface area contributed by atoms with Crippen molar-refractivity contribution in [3.8, 4) is 5.69 Å². The Bertz CT molecular complexity index is 756. The van der Waals surface area contributed by atoms with Gasteiger partial charge in [0.2, 0.25) is 0 Å². The Labute approximate surface area is 119 Å². The topological polar surface area (TPSA) is 8.81 Å². The first kappa shape index (κ1) is 9.35. The van der Waals surface area contributed by atoms with Crippen LogP contribution in [0.2, 0.25) is 0 Å². The zero-order valence-electron chi connectivity index (χ0n) is 15.3. The molecule has 19 heavy (non-hydrogen) atoms. The molecule has 1 aliphatic heterocycles. The molecule has 0 amide bonds. The Morgan fingerprint density at radius 3 is 2.58 bits per heavy atom. The number of aryl methyl sites for hydroxylation is 2. The van der Waals surface area contributed by atoms with Crippen LogP contribution >= 0.6 is 0 Å². The van der Waals surface area contributed by atoms with Crippen LogP contribution < -0.4 is 4.68 Å². The molecule has 0 radical (unpaired) electrons. The molecule has 3 rings (SSSR count). The van der Waals surface area contributed by atoms with E-state index in [-0.39, 0.29) is 0 Å². The molecule has 0 aliphatic carbocycles. The average Bonchev–Trinajstić information content (AvgIpc) is 2.77. The van der Waals surface area contributed by atoms with E-state index < -0.39 is 17.7 Å². The summed E-state index contributed by atoms with van der Waals surface area (Å²) in [7, 11) is 1.96. The summed E-state index contributed by atoms with van der Waals surface area (Å²) in [6.45, 7) is 5.96. The van der Waals surface area contributed by atoms with Gasteiger partial charge >= 0.3 is 0 Å². The van der Waals surface area contributed by atoms with E-state index in [1.807, 2.05) is 50.8 Å². The number of hydrogen-bond donors (Lipinski definition) is 0. The third-order valence-electron chi connectivity index (χ3n) is 4.88. The lowest BCUT2D eigenvalue weighted by Crippen LogP contribution is -2.51. The van der Waals surface area contributed by atoms with Crippen LogP contribution in [-0.2, 0) is 17.9 Å². The summed E-state index contributed by atoms with van der Waals surface area (Å²) < 4.78 is 28.7. The molecule has 2 aromatic rings. The first-order valence-corrected chi connectivity index (χ1v) is 6.72. The van der Waals surface area contributed by atoms with Gasteiger partial charge in [-0.2, -0.15) is 0 Å². The van der Waals surface area contributed by atoms with Crippen molar-refractivity contribution in [2.75, 3.05) is 0 Å². The van der Waals surface area contributed by atoms with Gasteiger partial charge in [0.1, 0.15) is 5.69 Å². The fraction of sp³-hybridized carbons (Fsp3) is 0.471. The van der Waals surface area contributed by atoms with E-state index in [9.17, 15) is 0 Å². The Hall–Kier alpha value is -1.57. The van der Waals surface area contributed by atoms with Crippen molar-refractivity contribution in [3.05, 3.63) is 47.3 Å². The largest absolute Gasteiger partial charge is 0.196 e. The van der Waals surface area contributed by atoms with Gasteiger partial charge in [-0.1, -0.05) is 45.8 Å². The highest BCUT2D eigenvalue weighted by atomic mass is 15.4. The maximum Gasteiger partial charge on any atom is 0.196 e. The van der Waals surface area contributed by atoms with Crippen molar-refractivity contribution in [2.45, 2.75) is 45.4 Å². The Balaban J connectivity index is 2.50. The van der Waals surface area contributed by atoms with Crippen LogP contribution in [0.25, 0.3) is 5.69 Å². The summed E-state index contributed by atoms with van der Waals surface area (Å²) in [6, 6.07) is 8.11. The van der Waals surface area contributed by atoms with Crippen LogP contribution in [0.5, 0.6) is 0 Å². The van der Waals surface area contributed by atoms with Crippen LogP contribution in [0.1, 0.15) is 48.6 Å². The van der Waals surface area contributed by atoms with Gasteiger partial charge in [0.05, 0.1) is 5.69 Å². The minimum Gasteiger partial charge on any atom is -0.124 e. The normalized spacial score (nSPS) is 26.9. The molecule has 1 aliphatic rings. The molecule has 100 valence electrons. The molecule has 1 aromatic carbocycles. The number of nitrogens with zero attached hydrogens (tertiary/aromatic N) is 2. The molecule has 1 atom stereocenters. The van der Waals surface area contributed by atoms with Gasteiger partial charge in [0, 0.05) is 21.0 Å². The van der Waals surface area contributed by atoms with Crippen LogP contribution in [0.15, 0.2) is 30.5 Å². The van der Waals surface area contributed by atoms with Crippen LogP contribution in [0.3, 0.4) is 0 Å². The quantitative estimate of drug-likeness (QED) is 0.642. The molecule has 2 nitrogen and oxygen atoms in total. The Kier molecular flexibility index (Phi) is 1.72. The van der Waals surface area contributed by atoms with E-state index in [1.165, 1.54) is 0 Å². The minimum atomic E-state index is -2.10.